The van der Waals surface area contributed by atoms with Crippen LogP contribution in [0.1, 0.15) is 51.0 Å². The van der Waals surface area contributed by atoms with Gasteiger partial charge in [-0.1, -0.05) is 49.9 Å². The first-order chi connectivity index (χ1) is 18.6. The molecule has 1 N–H and O–H groups in total. The van der Waals surface area contributed by atoms with E-state index in [2.05, 4.69) is 5.32 Å². The van der Waals surface area contributed by atoms with E-state index in [9.17, 15) is 18.0 Å². The minimum absolute atomic E-state index is 0.0707. The van der Waals surface area contributed by atoms with Gasteiger partial charge in [0, 0.05) is 23.7 Å². The third kappa shape index (κ3) is 8.25. The molecule has 0 unspecified atom stereocenters. The van der Waals surface area contributed by atoms with E-state index in [0.717, 1.165) is 48.2 Å². The van der Waals surface area contributed by atoms with Gasteiger partial charge >= 0.3 is 0 Å². The monoisotopic (exact) mass is 579 g/mol. The number of rotatable bonds is 12. The molecule has 0 spiro atoms. The number of hydrogen-bond donors (Lipinski definition) is 1. The molecule has 214 valence electrons. The summed E-state index contributed by atoms with van der Waals surface area (Å²) in [6.07, 6.45) is 6.46. The summed E-state index contributed by atoms with van der Waals surface area (Å²) in [4.78, 5) is 28.9. The fraction of sp³-hybridized carbons (Fsp3) is 0.500. The Bertz CT molecular complexity index is 1230. The Morgan fingerprint density at radius 1 is 1.05 bits per heavy atom. The van der Waals surface area contributed by atoms with Crippen molar-refractivity contribution in [2.24, 2.45) is 0 Å². The second kappa shape index (κ2) is 13.9. The standard InChI is InChI=1S/C28H38ClN3O6S/c1-5-24(28(34)30-22-9-7-6-8-10-22)31(18-20-11-13-21(29)14-12-20)27(33)19-32(39(4,35)36)25-17-23(37-2)15-16-26(25)38-3/h11-17,22,24H,5-10,18-19H2,1-4H3,(H,30,34)/t24-/m1/s1. The first-order valence-electron chi connectivity index (χ1n) is 13.1. The van der Waals surface area contributed by atoms with E-state index in [-0.39, 0.29) is 29.9 Å². The van der Waals surface area contributed by atoms with E-state index >= 15 is 0 Å². The van der Waals surface area contributed by atoms with Crippen LogP contribution < -0.4 is 19.1 Å². The Morgan fingerprint density at radius 3 is 2.28 bits per heavy atom. The number of amides is 2. The highest BCUT2D eigenvalue weighted by molar-refractivity contribution is 7.92. The van der Waals surface area contributed by atoms with E-state index in [1.54, 1.807) is 36.4 Å². The minimum atomic E-state index is -3.93. The van der Waals surface area contributed by atoms with Crippen molar-refractivity contribution >= 4 is 39.1 Å². The largest absolute Gasteiger partial charge is 0.497 e. The van der Waals surface area contributed by atoms with E-state index in [1.807, 2.05) is 6.92 Å². The van der Waals surface area contributed by atoms with Crippen LogP contribution in [-0.4, -0.2) is 64.2 Å². The first kappa shape index (κ1) is 30.6. The van der Waals surface area contributed by atoms with Crippen LogP contribution in [-0.2, 0) is 26.2 Å². The van der Waals surface area contributed by atoms with Crippen molar-refractivity contribution in [1.29, 1.82) is 0 Å². The lowest BCUT2D eigenvalue weighted by molar-refractivity contribution is -0.140. The Labute approximate surface area is 236 Å². The van der Waals surface area contributed by atoms with Gasteiger partial charge in [-0.05, 0) is 49.1 Å². The number of carbonyl (C=O) groups excluding carboxylic acids is 2. The highest BCUT2D eigenvalue weighted by Gasteiger charge is 2.33. The molecule has 39 heavy (non-hydrogen) atoms. The van der Waals surface area contributed by atoms with Gasteiger partial charge in [0.05, 0.1) is 26.2 Å². The molecule has 1 atom stereocenters. The third-order valence-corrected chi connectivity index (χ3v) is 8.32. The van der Waals surface area contributed by atoms with Crippen LogP contribution in [0.25, 0.3) is 0 Å². The molecule has 0 saturated heterocycles. The molecule has 1 saturated carbocycles. The van der Waals surface area contributed by atoms with Crippen molar-refractivity contribution in [2.75, 3.05) is 31.3 Å². The summed E-state index contributed by atoms with van der Waals surface area (Å²) in [7, 11) is -1.04. The van der Waals surface area contributed by atoms with Crippen LogP contribution in [0, 0.1) is 0 Å². The van der Waals surface area contributed by atoms with Crippen LogP contribution in [0.4, 0.5) is 5.69 Å². The Hall–Kier alpha value is -2.98. The molecule has 11 heteroatoms. The zero-order valence-electron chi connectivity index (χ0n) is 23.0. The number of ether oxygens (including phenoxy) is 2. The highest BCUT2D eigenvalue weighted by atomic mass is 35.5. The number of benzene rings is 2. The maximum absolute atomic E-state index is 13.9. The van der Waals surface area contributed by atoms with Crippen LogP contribution in [0.15, 0.2) is 42.5 Å². The summed E-state index contributed by atoms with van der Waals surface area (Å²) in [6, 6.07) is 11.0. The lowest BCUT2D eigenvalue weighted by Gasteiger charge is -2.34. The quantitative estimate of drug-likeness (QED) is 0.400. The number of halogens is 1. The maximum atomic E-state index is 13.9. The van der Waals surface area contributed by atoms with E-state index < -0.39 is 28.5 Å². The molecular formula is C28H38ClN3O6S. The summed E-state index contributed by atoms with van der Waals surface area (Å²) in [5.41, 5.74) is 0.931. The minimum Gasteiger partial charge on any atom is -0.497 e. The summed E-state index contributed by atoms with van der Waals surface area (Å²) in [5.74, 6) is -0.0916. The van der Waals surface area contributed by atoms with Gasteiger partial charge in [0.15, 0.2) is 0 Å². The lowest BCUT2D eigenvalue weighted by atomic mass is 9.95. The maximum Gasteiger partial charge on any atom is 0.244 e. The van der Waals surface area contributed by atoms with Crippen molar-refractivity contribution in [1.82, 2.24) is 10.2 Å². The molecule has 2 aromatic carbocycles. The second-order valence-electron chi connectivity index (χ2n) is 9.72. The number of nitrogens with one attached hydrogen (secondary N) is 1. The Balaban J connectivity index is 1.97. The zero-order valence-corrected chi connectivity index (χ0v) is 24.6. The molecule has 0 bridgehead atoms. The van der Waals surface area contributed by atoms with Gasteiger partial charge in [0.1, 0.15) is 24.1 Å². The average molecular weight is 580 g/mol. The van der Waals surface area contributed by atoms with Crippen molar-refractivity contribution in [2.45, 2.75) is 64.1 Å². The van der Waals surface area contributed by atoms with Crippen LogP contribution in [0.3, 0.4) is 0 Å². The van der Waals surface area contributed by atoms with Gasteiger partial charge in [0.25, 0.3) is 0 Å². The van der Waals surface area contributed by atoms with Crippen molar-refractivity contribution in [3.8, 4) is 11.5 Å². The average Bonchev–Trinajstić information content (AvgIpc) is 2.92. The SMILES string of the molecule is CC[C@H](C(=O)NC1CCCCC1)N(Cc1ccc(Cl)cc1)C(=O)CN(c1cc(OC)ccc1OC)S(C)(=O)=O. The molecule has 0 aliphatic heterocycles. The molecule has 2 amide bonds. The number of sulfonamides is 1. The lowest BCUT2D eigenvalue weighted by Crippen LogP contribution is -2.54. The van der Waals surface area contributed by atoms with Crippen molar-refractivity contribution in [3.63, 3.8) is 0 Å². The summed E-state index contributed by atoms with van der Waals surface area (Å²) in [6.45, 7) is 1.43. The summed E-state index contributed by atoms with van der Waals surface area (Å²) in [5, 5.41) is 3.67. The fourth-order valence-corrected chi connectivity index (χ4v) is 5.81. The van der Waals surface area contributed by atoms with Gasteiger partial charge < -0.3 is 19.7 Å². The Kier molecular flexibility index (Phi) is 10.9. The first-order valence-corrected chi connectivity index (χ1v) is 15.3. The van der Waals surface area contributed by atoms with Gasteiger partial charge in [-0.15, -0.1) is 0 Å². The van der Waals surface area contributed by atoms with Crippen LogP contribution in [0.5, 0.6) is 11.5 Å². The molecule has 1 aliphatic carbocycles. The molecule has 1 fully saturated rings. The fourth-order valence-electron chi connectivity index (χ4n) is 4.84. The second-order valence-corrected chi connectivity index (χ2v) is 12.1. The molecule has 9 nitrogen and oxygen atoms in total. The number of methoxy groups -OCH3 is 2. The smallest absolute Gasteiger partial charge is 0.244 e. The van der Waals surface area contributed by atoms with Gasteiger partial charge in [0.2, 0.25) is 21.8 Å². The number of anilines is 1. The number of hydrogen-bond acceptors (Lipinski definition) is 6. The van der Waals surface area contributed by atoms with E-state index in [1.165, 1.54) is 25.2 Å². The Morgan fingerprint density at radius 2 is 1.72 bits per heavy atom. The zero-order chi connectivity index (χ0) is 28.6. The molecule has 3 rings (SSSR count). The molecule has 2 aromatic rings. The topological polar surface area (TPSA) is 105 Å². The van der Waals surface area contributed by atoms with Gasteiger partial charge in [-0.3, -0.25) is 13.9 Å². The highest BCUT2D eigenvalue weighted by Crippen LogP contribution is 2.34. The van der Waals surface area contributed by atoms with Crippen molar-refractivity contribution in [3.05, 3.63) is 53.1 Å². The van der Waals surface area contributed by atoms with E-state index in [0.29, 0.717) is 17.2 Å². The van der Waals surface area contributed by atoms with Gasteiger partial charge in [-0.25, -0.2) is 8.42 Å². The summed E-state index contributed by atoms with van der Waals surface area (Å²) >= 11 is 6.06. The normalized spacial score (nSPS) is 14.8. The molecule has 0 aromatic heterocycles. The molecule has 0 radical (unpaired) electrons. The molecule has 1 aliphatic rings. The predicted octanol–water partition coefficient (Wildman–Crippen LogP) is 4.38. The molecule has 0 heterocycles. The van der Waals surface area contributed by atoms with E-state index in [4.69, 9.17) is 21.1 Å². The molecular weight excluding hydrogens is 542 g/mol. The predicted molar refractivity (Wildman–Crippen MR) is 153 cm³/mol. The number of carbonyl (C=O) groups is 2. The summed E-state index contributed by atoms with van der Waals surface area (Å²) < 4.78 is 37.6. The third-order valence-electron chi connectivity index (χ3n) is 6.94. The van der Waals surface area contributed by atoms with Gasteiger partial charge in [-0.2, -0.15) is 0 Å². The number of nitrogens with zero attached hydrogens (tertiary/aromatic N) is 2. The van der Waals surface area contributed by atoms with Crippen LogP contribution in [0.2, 0.25) is 5.02 Å². The van der Waals surface area contributed by atoms with Crippen molar-refractivity contribution < 1.29 is 27.5 Å². The van der Waals surface area contributed by atoms with Crippen LogP contribution >= 0.6 is 11.6 Å².